The Labute approximate surface area is 276 Å². The van der Waals surface area contributed by atoms with Crippen LogP contribution in [0.1, 0.15) is 11.4 Å². The van der Waals surface area contributed by atoms with Gasteiger partial charge in [0.05, 0.1) is 43.3 Å². The van der Waals surface area contributed by atoms with Gasteiger partial charge >= 0.3 is 11.7 Å². The van der Waals surface area contributed by atoms with Gasteiger partial charge < -0.3 is 10.6 Å². The van der Waals surface area contributed by atoms with E-state index in [1.54, 1.807) is 42.6 Å². The fraction of sp³-hybridized carbons (Fsp3) is 0.100. The Hall–Kier alpha value is -7.35. The summed E-state index contributed by atoms with van der Waals surface area (Å²) >= 11 is 0. The number of hydrogen-bond acceptors (Lipinski definition) is 14. The lowest BCUT2D eigenvalue weighted by molar-refractivity contribution is -0.384. The Bertz CT molecular complexity index is 2730. The second kappa shape index (κ2) is 9.17. The Kier molecular flexibility index (Phi) is 5.08. The van der Waals surface area contributed by atoms with Gasteiger partial charge in [0.1, 0.15) is 0 Å². The lowest BCUT2D eigenvalue weighted by Crippen LogP contribution is -2.65. The number of pyridine rings is 2. The number of non-ortho nitro benzene ring substituents is 2. The molecule has 10 rings (SSSR count). The minimum atomic E-state index is -1.89. The summed E-state index contributed by atoms with van der Waals surface area (Å²) < 4.78 is 3.80. The molecule has 0 saturated carbocycles. The van der Waals surface area contributed by atoms with Crippen molar-refractivity contribution in [3.63, 3.8) is 0 Å². The highest BCUT2D eigenvalue weighted by molar-refractivity contribution is 5.96. The summed E-state index contributed by atoms with van der Waals surface area (Å²) in [5, 5.41) is 33.1. The number of anilines is 2. The molecule has 1 unspecified atom stereocenters. The highest BCUT2D eigenvalue weighted by Crippen LogP contribution is 2.56. The van der Waals surface area contributed by atoms with Crippen LogP contribution in [0.3, 0.4) is 0 Å². The normalized spacial score (nSPS) is 21.8. The van der Waals surface area contributed by atoms with Gasteiger partial charge in [-0.15, -0.1) is 0 Å². The van der Waals surface area contributed by atoms with Gasteiger partial charge in [0.15, 0.2) is 12.0 Å². The zero-order valence-electron chi connectivity index (χ0n) is 25.0. The Morgan fingerprint density at radius 1 is 0.760 bits per heavy atom. The molecule has 20 heteroatoms. The second-order valence-corrected chi connectivity index (χ2v) is 11.8. The molecule has 3 aliphatic rings. The summed E-state index contributed by atoms with van der Waals surface area (Å²) in [4.78, 5) is 76.5. The van der Waals surface area contributed by atoms with Gasteiger partial charge in [0.2, 0.25) is 23.3 Å². The zero-order valence-corrected chi connectivity index (χ0v) is 25.0. The Morgan fingerprint density at radius 2 is 1.42 bits per heavy atom. The average Bonchev–Trinajstić information content (AvgIpc) is 3.83. The first-order valence-electron chi connectivity index (χ1n) is 15.0. The van der Waals surface area contributed by atoms with E-state index in [2.05, 4.69) is 30.9 Å². The van der Waals surface area contributed by atoms with E-state index in [0.717, 1.165) is 0 Å². The summed E-state index contributed by atoms with van der Waals surface area (Å²) in [5.41, 5.74) is -3.10. The lowest BCUT2D eigenvalue weighted by Gasteiger charge is -2.44. The molecule has 0 radical (unpaired) electrons. The van der Waals surface area contributed by atoms with Crippen LogP contribution in [-0.2, 0) is 11.3 Å². The molecule has 1 fully saturated rings. The molecule has 5 aromatic heterocycles. The van der Waals surface area contributed by atoms with Crippen molar-refractivity contribution in [2.45, 2.75) is 17.6 Å². The summed E-state index contributed by atoms with van der Waals surface area (Å²) in [6, 6.07) is 17.5. The molecule has 2 aromatic carbocycles. The molecule has 20 nitrogen and oxygen atoms in total. The van der Waals surface area contributed by atoms with Crippen molar-refractivity contribution < 1.29 is 14.6 Å². The third-order valence-electron chi connectivity index (χ3n) is 9.32. The van der Waals surface area contributed by atoms with E-state index in [1.165, 1.54) is 61.0 Å². The van der Waals surface area contributed by atoms with E-state index < -0.39 is 39.2 Å². The van der Waals surface area contributed by atoms with Gasteiger partial charge in [-0.05, 0) is 36.4 Å². The Morgan fingerprint density at radius 3 is 2.08 bits per heavy atom. The largest absolute Gasteiger partial charge is 0.340 e. The van der Waals surface area contributed by atoms with Gasteiger partial charge in [-0.3, -0.25) is 35.1 Å². The monoisotopic (exact) mass is 670 g/mol. The Balaban J connectivity index is 1.31. The summed E-state index contributed by atoms with van der Waals surface area (Å²) in [6.45, 7) is 0. The highest BCUT2D eigenvalue weighted by atomic mass is 16.6. The first-order valence-corrected chi connectivity index (χ1v) is 15.0. The number of rotatable bonds is 4. The van der Waals surface area contributed by atoms with Gasteiger partial charge in [-0.1, -0.05) is 12.1 Å². The molecule has 0 aliphatic carbocycles. The summed E-state index contributed by atoms with van der Waals surface area (Å²) in [5.74, 6) is 0.0647. The molecule has 1 saturated heterocycles. The number of nitro benzene ring substituents is 2. The average molecular weight is 671 g/mol. The molecule has 8 heterocycles. The standard InChI is InChI=1S/C30H18N14O6/c45-27-39-19-9-7-15(43(47)48)13-17(19)33-23(39)35-25-37-29(21-5-1-3-11-31-21)30(41(25)27,22-6-2-4-12-32-22)42-26(38-29)36-24-34-18-14-16(44(49)50)8-10-20(18)40(24)28(42)46/h1-14,25,37H,(H,33,35)(H,34,36,38)/t25?,29-,30+/m1/s1. The lowest BCUT2D eigenvalue weighted by atomic mass is 9.87. The van der Waals surface area contributed by atoms with Crippen LogP contribution in [-0.4, -0.2) is 65.5 Å². The molecule has 0 spiro atoms. The molecule has 50 heavy (non-hydrogen) atoms. The minimum Gasteiger partial charge on any atom is -0.328 e. The van der Waals surface area contributed by atoms with Crippen molar-refractivity contribution in [2.75, 3.05) is 10.6 Å². The van der Waals surface area contributed by atoms with Crippen molar-refractivity contribution >= 4 is 57.1 Å². The van der Waals surface area contributed by atoms with E-state index >= 15 is 9.59 Å². The van der Waals surface area contributed by atoms with Crippen LogP contribution in [0.5, 0.6) is 0 Å². The summed E-state index contributed by atoms with van der Waals surface area (Å²) in [6.07, 6.45) is 2.04. The molecule has 3 atom stereocenters. The van der Waals surface area contributed by atoms with Gasteiger partial charge in [0.25, 0.3) is 11.4 Å². The highest BCUT2D eigenvalue weighted by Gasteiger charge is 2.75. The van der Waals surface area contributed by atoms with Crippen LogP contribution >= 0.6 is 0 Å². The SMILES string of the molecule is O=C1N2C(Nc3nc4cc([N+](=O)[O-])ccc4n31)N[C@]1(c3ccccn3)Nc3nc4nc5cc([N+](=O)[O-])ccc5n4c(=O)n3[C@]21c1ccccn1. The number of benzene rings is 2. The van der Waals surface area contributed by atoms with Crippen molar-refractivity contribution in [1.82, 2.24) is 48.7 Å². The number of carbonyl (C=O) groups is 1. The molecule has 1 amide bonds. The number of nitrogens with one attached hydrogen (secondary N) is 3. The van der Waals surface area contributed by atoms with Gasteiger partial charge in [-0.25, -0.2) is 38.4 Å². The molecule has 7 aromatic rings. The van der Waals surface area contributed by atoms with Crippen LogP contribution in [0.4, 0.5) is 28.1 Å². The number of nitro groups is 2. The van der Waals surface area contributed by atoms with Crippen LogP contribution in [0.2, 0.25) is 0 Å². The summed E-state index contributed by atoms with van der Waals surface area (Å²) in [7, 11) is 0. The van der Waals surface area contributed by atoms with E-state index in [0.29, 0.717) is 5.69 Å². The number of carbonyl (C=O) groups excluding carboxylic acids is 1. The predicted octanol–water partition coefficient (Wildman–Crippen LogP) is 2.26. The maximum Gasteiger partial charge on any atom is 0.340 e. The number of fused-ring (bicyclic) bond motifs is 11. The fourth-order valence-electron chi connectivity index (χ4n) is 7.40. The minimum absolute atomic E-state index is 0.000673. The number of hydrogen-bond donors (Lipinski definition) is 3. The third-order valence-corrected chi connectivity index (χ3v) is 9.32. The molecular formula is C30H18N14O6. The van der Waals surface area contributed by atoms with Crippen molar-refractivity contribution in [3.05, 3.63) is 127 Å². The maximum absolute atomic E-state index is 15.1. The smallest absolute Gasteiger partial charge is 0.328 e. The molecule has 3 aliphatic heterocycles. The quantitative estimate of drug-likeness (QED) is 0.180. The van der Waals surface area contributed by atoms with Gasteiger partial charge in [0, 0.05) is 36.7 Å². The van der Waals surface area contributed by atoms with E-state index in [-0.39, 0.29) is 56.8 Å². The van der Waals surface area contributed by atoms with Crippen molar-refractivity contribution in [3.8, 4) is 0 Å². The first kappa shape index (κ1) is 27.7. The van der Waals surface area contributed by atoms with Crippen molar-refractivity contribution in [1.29, 1.82) is 0 Å². The molecule has 244 valence electrons. The predicted molar refractivity (Wildman–Crippen MR) is 172 cm³/mol. The van der Waals surface area contributed by atoms with Crippen LogP contribution in [0, 0.1) is 20.2 Å². The van der Waals surface area contributed by atoms with Gasteiger partial charge in [-0.2, -0.15) is 4.98 Å². The number of nitrogens with zero attached hydrogens (tertiary/aromatic N) is 11. The molecule has 0 bridgehead atoms. The van der Waals surface area contributed by atoms with E-state index in [4.69, 9.17) is 9.97 Å². The fourth-order valence-corrected chi connectivity index (χ4v) is 7.40. The van der Waals surface area contributed by atoms with Crippen LogP contribution in [0.25, 0.3) is 27.8 Å². The van der Waals surface area contributed by atoms with Crippen molar-refractivity contribution in [2.24, 2.45) is 0 Å². The first-order chi connectivity index (χ1) is 24.2. The maximum atomic E-state index is 15.1. The number of imidazole rings is 2. The van der Waals surface area contributed by atoms with Crippen LogP contribution < -0.4 is 21.6 Å². The van der Waals surface area contributed by atoms with E-state index in [1.807, 2.05) is 0 Å². The second-order valence-electron chi connectivity index (χ2n) is 11.8. The van der Waals surface area contributed by atoms with E-state index in [9.17, 15) is 20.2 Å². The zero-order chi connectivity index (χ0) is 34.1. The topological polar surface area (TPSA) is 238 Å². The third kappa shape index (κ3) is 3.19. The van der Waals surface area contributed by atoms with Crippen LogP contribution in [0.15, 0.2) is 90.0 Å². The molecule has 3 N–H and O–H groups in total. The number of amides is 1. The molecular weight excluding hydrogens is 652 g/mol. The number of aromatic nitrogens is 8.